The van der Waals surface area contributed by atoms with Crippen molar-refractivity contribution >= 4 is 49.3 Å². The van der Waals surface area contributed by atoms with Gasteiger partial charge in [-0.1, -0.05) is 15.9 Å². The predicted octanol–water partition coefficient (Wildman–Crippen LogP) is 3.55. The van der Waals surface area contributed by atoms with E-state index in [9.17, 15) is 13.2 Å². The number of halogens is 1. The van der Waals surface area contributed by atoms with Crippen molar-refractivity contribution in [3.8, 4) is 0 Å². The van der Waals surface area contributed by atoms with Crippen LogP contribution in [-0.4, -0.2) is 14.3 Å². The van der Waals surface area contributed by atoms with Gasteiger partial charge in [-0.15, -0.1) is 0 Å². The van der Waals surface area contributed by atoms with Gasteiger partial charge in [0.05, 0.1) is 5.41 Å². The fourth-order valence-corrected chi connectivity index (χ4v) is 3.51. The predicted molar refractivity (Wildman–Crippen MR) is 88.6 cm³/mol. The van der Waals surface area contributed by atoms with Gasteiger partial charge in [-0.05, 0) is 59.2 Å². The van der Waals surface area contributed by atoms with Crippen molar-refractivity contribution in [2.45, 2.75) is 6.92 Å². The molecule has 1 aromatic carbocycles. The van der Waals surface area contributed by atoms with Gasteiger partial charge in [-0.2, -0.15) is 11.3 Å². The second kappa shape index (κ2) is 6.55. The number of carbonyl (C=O) groups is 1. The summed E-state index contributed by atoms with van der Waals surface area (Å²) in [5, 5.41) is 4.64. The van der Waals surface area contributed by atoms with Gasteiger partial charge in [0.1, 0.15) is 0 Å². The first kappa shape index (κ1) is 15.9. The Bertz CT molecular complexity index is 781. The molecule has 0 saturated carbocycles. The molecule has 0 aliphatic carbocycles. The van der Waals surface area contributed by atoms with Gasteiger partial charge in [-0.3, -0.25) is 4.79 Å². The zero-order valence-corrected chi connectivity index (χ0v) is 14.3. The molecule has 0 aliphatic heterocycles. The Morgan fingerprint density at radius 1 is 1.33 bits per heavy atom. The van der Waals surface area contributed by atoms with E-state index >= 15 is 0 Å². The van der Waals surface area contributed by atoms with Gasteiger partial charge in [0.2, 0.25) is 0 Å². The number of thiophene rings is 1. The van der Waals surface area contributed by atoms with Crippen LogP contribution >= 0.6 is 27.3 Å². The van der Waals surface area contributed by atoms with Crippen molar-refractivity contribution in [1.29, 1.82) is 0 Å². The van der Waals surface area contributed by atoms with Crippen LogP contribution < -0.4 is 4.72 Å². The van der Waals surface area contributed by atoms with Crippen LogP contribution in [0.25, 0.3) is 6.08 Å². The Hall–Kier alpha value is -1.44. The first-order valence-electron chi connectivity index (χ1n) is 5.91. The lowest BCUT2D eigenvalue weighted by Gasteiger charge is -2.06. The monoisotopic (exact) mass is 385 g/mol. The smallest absolute Gasteiger partial charge is 0.265 e. The second-order valence-corrected chi connectivity index (χ2v) is 7.56. The maximum absolute atomic E-state index is 12.0. The Kier molecular flexibility index (Phi) is 4.97. The zero-order chi connectivity index (χ0) is 15.5. The molecule has 1 N–H and O–H groups in total. The molecule has 0 atom stereocenters. The van der Waals surface area contributed by atoms with Crippen LogP contribution in [-0.2, 0) is 10.0 Å². The van der Waals surface area contributed by atoms with E-state index < -0.39 is 15.9 Å². The number of rotatable bonds is 4. The van der Waals surface area contributed by atoms with Crippen molar-refractivity contribution in [2.24, 2.45) is 0 Å². The molecule has 1 aromatic heterocycles. The molecule has 0 aliphatic rings. The molecule has 1 heterocycles. The van der Waals surface area contributed by atoms with Crippen molar-refractivity contribution in [1.82, 2.24) is 4.72 Å². The van der Waals surface area contributed by atoms with Crippen LogP contribution in [0.15, 0.2) is 44.9 Å². The summed E-state index contributed by atoms with van der Waals surface area (Å²) in [6.07, 6.45) is 1.44. The summed E-state index contributed by atoms with van der Waals surface area (Å²) in [6, 6.07) is 6.81. The van der Waals surface area contributed by atoms with Gasteiger partial charge >= 0.3 is 0 Å². The molecule has 4 nitrogen and oxygen atoms in total. The molecule has 0 saturated heterocycles. The standard InChI is InChI=1S/C14H12BrNO3S2/c1-10-8-12(15)2-3-13(10)14(17)16-21(18,19)7-5-11-4-6-20-9-11/h2-9H,1H3,(H,16,17). The molecule has 0 radical (unpaired) electrons. The highest BCUT2D eigenvalue weighted by molar-refractivity contribution is 9.10. The van der Waals surface area contributed by atoms with Crippen LogP contribution in [0, 0.1) is 6.92 Å². The first-order valence-corrected chi connectivity index (χ1v) is 9.19. The average molecular weight is 386 g/mol. The summed E-state index contributed by atoms with van der Waals surface area (Å²) in [4.78, 5) is 12.0. The lowest BCUT2D eigenvalue weighted by atomic mass is 10.1. The number of nitrogens with one attached hydrogen (secondary N) is 1. The SMILES string of the molecule is Cc1cc(Br)ccc1C(=O)NS(=O)(=O)C=Cc1ccsc1. The zero-order valence-electron chi connectivity index (χ0n) is 11.0. The third-order valence-electron chi connectivity index (χ3n) is 2.65. The molecule has 2 aromatic rings. The molecule has 0 unspecified atom stereocenters. The van der Waals surface area contributed by atoms with E-state index in [-0.39, 0.29) is 0 Å². The molecule has 110 valence electrons. The fourth-order valence-electron chi connectivity index (χ4n) is 1.64. The van der Waals surface area contributed by atoms with E-state index in [1.807, 2.05) is 15.5 Å². The average Bonchev–Trinajstić information content (AvgIpc) is 2.88. The summed E-state index contributed by atoms with van der Waals surface area (Å²) < 4.78 is 26.6. The molecular weight excluding hydrogens is 374 g/mol. The minimum Gasteiger partial charge on any atom is -0.268 e. The van der Waals surface area contributed by atoms with Crippen molar-refractivity contribution < 1.29 is 13.2 Å². The molecule has 2 rings (SSSR count). The largest absolute Gasteiger partial charge is 0.268 e. The van der Waals surface area contributed by atoms with Gasteiger partial charge in [0.15, 0.2) is 0 Å². The third-order valence-corrected chi connectivity index (χ3v) is 4.81. The van der Waals surface area contributed by atoms with Crippen molar-refractivity contribution in [2.75, 3.05) is 0 Å². The fraction of sp³-hybridized carbons (Fsp3) is 0.0714. The normalized spacial score (nSPS) is 11.7. The number of sulfonamides is 1. The Labute approximate surface area is 135 Å². The van der Waals surface area contributed by atoms with Gasteiger partial charge in [-0.25, -0.2) is 13.1 Å². The van der Waals surface area contributed by atoms with Crippen LogP contribution in [0.2, 0.25) is 0 Å². The van der Waals surface area contributed by atoms with Gasteiger partial charge in [0, 0.05) is 10.0 Å². The van der Waals surface area contributed by atoms with Crippen LogP contribution in [0.5, 0.6) is 0 Å². The maximum Gasteiger partial charge on any atom is 0.265 e. The summed E-state index contributed by atoms with van der Waals surface area (Å²) >= 11 is 4.76. The molecule has 21 heavy (non-hydrogen) atoms. The molecule has 1 amide bonds. The Morgan fingerprint density at radius 3 is 2.71 bits per heavy atom. The Balaban J connectivity index is 2.14. The van der Waals surface area contributed by atoms with E-state index in [2.05, 4.69) is 15.9 Å². The molecular formula is C14H12BrNO3S2. The summed E-state index contributed by atoms with van der Waals surface area (Å²) in [6.45, 7) is 1.74. The van der Waals surface area contributed by atoms with Gasteiger partial charge in [0.25, 0.3) is 15.9 Å². The van der Waals surface area contributed by atoms with E-state index in [0.717, 1.165) is 15.4 Å². The summed E-state index contributed by atoms with van der Waals surface area (Å²) in [5.41, 5.74) is 1.79. The lowest BCUT2D eigenvalue weighted by molar-refractivity contribution is 0.0981. The summed E-state index contributed by atoms with van der Waals surface area (Å²) in [7, 11) is -3.82. The quantitative estimate of drug-likeness (QED) is 0.874. The van der Waals surface area contributed by atoms with Crippen LogP contribution in [0.1, 0.15) is 21.5 Å². The van der Waals surface area contributed by atoms with Crippen LogP contribution in [0.3, 0.4) is 0 Å². The number of hydrogen-bond acceptors (Lipinski definition) is 4. The number of hydrogen-bond donors (Lipinski definition) is 1. The number of aryl methyl sites for hydroxylation is 1. The minimum absolute atomic E-state index is 0.325. The molecule has 0 bridgehead atoms. The third kappa shape index (κ3) is 4.52. The van der Waals surface area contributed by atoms with Crippen LogP contribution in [0.4, 0.5) is 0 Å². The highest BCUT2D eigenvalue weighted by Crippen LogP contribution is 2.16. The lowest BCUT2D eigenvalue weighted by Crippen LogP contribution is -2.29. The molecule has 7 heteroatoms. The first-order chi connectivity index (χ1) is 9.87. The second-order valence-electron chi connectivity index (χ2n) is 4.29. The minimum atomic E-state index is -3.82. The van der Waals surface area contributed by atoms with Crippen molar-refractivity contribution in [3.05, 3.63) is 61.6 Å². The Morgan fingerprint density at radius 2 is 2.10 bits per heavy atom. The van der Waals surface area contributed by atoms with E-state index in [1.54, 1.807) is 31.2 Å². The van der Waals surface area contributed by atoms with Gasteiger partial charge < -0.3 is 0 Å². The maximum atomic E-state index is 12.0. The topological polar surface area (TPSA) is 63.2 Å². The number of amides is 1. The molecule has 0 fully saturated rings. The number of carbonyl (C=O) groups excluding carboxylic acids is 1. The van der Waals surface area contributed by atoms with E-state index in [1.165, 1.54) is 17.4 Å². The highest BCUT2D eigenvalue weighted by atomic mass is 79.9. The molecule has 0 spiro atoms. The van der Waals surface area contributed by atoms with E-state index in [4.69, 9.17) is 0 Å². The van der Waals surface area contributed by atoms with E-state index in [0.29, 0.717) is 11.1 Å². The summed E-state index contributed by atoms with van der Waals surface area (Å²) in [5.74, 6) is -0.644. The highest BCUT2D eigenvalue weighted by Gasteiger charge is 2.15. The number of benzene rings is 1. The van der Waals surface area contributed by atoms with Crippen molar-refractivity contribution in [3.63, 3.8) is 0 Å².